The monoisotopic (exact) mass is 257 g/mol. The van der Waals surface area contributed by atoms with Crippen molar-refractivity contribution in [2.24, 2.45) is 11.7 Å². The number of nitrogens with two attached hydrogens (primary N) is 1. The highest BCUT2D eigenvalue weighted by atomic mass is 16.2. The third-order valence-corrected chi connectivity index (χ3v) is 2.91. The molecule has 0 aliphatic rings. The molecule has 0 radical (unpaired) electrons. The third-order valence-electron chi connectivity index (χ3n) is 2.91. The topological polar surface area (TPSA) is 66.6 Å². The first kappa shape index (κ1) is 16.9. The van der Waals surface area contributed by atoms with Crippen molar-refractivity contribution in [1.82, 2.24) is 9.80 Å². The molecule has 0 saturated carbocycles. The highest BCUT2D eigenvalue weighted by molar-refractivity contribution is 5.87. The Morgan fingerprint density at radius 2 is 1.67 bits per heavy atom. The highest BCUT2D eigenvalue weighted by Gasteiger charge is 2.22. The first-order valence-corrected chi connectivity index (χ1v) is 6.61. The lowest BCUT2D eigenvalue weighted by molar-refractivity contribution is -0.140. The van der Waals surface area contributed by atoms with Crippen molar-refractivity contribution >= 4 is 11.8 Å². The molecule has 5 nitrogen and oxygen atoms in total. The Bertz CT molecular complexity index is 275. The molecule has 2 amide bonds. The van der Waals surface area contributed by atoms with E-state index >= 15 is 0 Å². The van der Waals surface area contributed by atoms with E-state index in [1.807, 2.05) is 27.7 Å². The van der Waals surface area contributed by atoms with Crippen LogP contribution in [0.3, 0.4) is 0 Å². The largest absolute Gasteiger partial charge is 0.342 e. The van der Waals surface area contributed by atoms with Crippen molar-refractivity contribution in [3.63, 3.8) is 0 Å². The van der Waals surface area contributed by atoms with Crippen LogP contribution in [0.15, 0.2) is 0 Å². The lowest BCUT2D eigenvalue weighted by Gasteiger charge is -2.25. The van der Waals surface area contributed by atoms with Gasteiger partial charge < -0.3 is 15.5 Å². The van der Waals surface area contributed by atoms with E-state index in [9.17, 15) is 9.59 Å². The van der Waals surface area contributed by atoms with Crippen LogP contribution >= 0.6 is 0 Å². The Morgan fingerprint density at radius 1 is 1.17 bits per heavy atom. The molecule has 0 bridgehead atoms. The first-order valence-electron chi connectivity index (χ1n) is 6.61. The van der Waals surface area contributed by atoms with Gasteiger partial charge in [0.15, 0.2) is 0 Å². The number of carbonyl (C=O) groups excluding carboxylic acids is 2. The molecule has 106 valence electrons. The summed E-state index contributed by atoms with van der Waals surface area (Å²) in [6, 6.07) is -0.514. The van der Waals surface area contributed by atoms with Crippen LogP contribution in [0.2, 0.25) is 0 Å². The van der Waals surface area contributed by atoms with Gasteiger partial charge in [0, 0.05) is 20.1 Å². The van der Waals surface area contributed by atoms with Crippen molar-refractivity contribution in [2.45, 2.75) is 40.2 Å². The first-order chi connectivity index (χ1) is 8.33. The van der Waals surface area contributed by atoms with Crippen LogP contribution in [0.1, 0.15) is 34.1 Å². The summed E-state index contributed by atoms with van der Waals surface area (Å²) in [5.41, 5.74) is 5.82. The van der Waals surface area contributed by atoms with Gasteiger partial charge in [-0.1, -0.05) is 13.8 Å². The average Bonchev–Trinajstić information content (AvgIpc) is 2.28. The quantitative estimate of drug-likeness (QED) is 0.729. The lowest BCUT2D eigenvalue weighted by atomic mass is 10.0. The number of likely N-dealkylation sites (N-methyl/N-ethyl adjacent to an activating group) is 2. The Balaban J connectivity index is 4.35. The van der Waals surface area contributed by atoms with E-state index < -0.39 is 6.04 Å². The Hall–Kier alpha value is -1.10. The Kier molecular flexibility index (Phi) is 7.59. The fourth-order valence-electron chi connectivity index (χ4n) is 1.85. The molecule has 0 fully saturated rings. The van der Waals surface area contributed by atoms with Gasteiger partial charge in [0.1, 0.15) is 0 Å². The zero-order valence-electron chi connectivity index (χ0n) is 12.3. The molecule has 0 aliphatic heterocycles. The van der Waals surface area contributed by atoms with Gasteiger partial charge in [-0.05, 0) is 26.2 Å². The van der Waals surface area contributed by atoms with E-state index in [1.54, 1.807) is 11.9 Å². The zero-order chi connectivity index (χ0) is 14.3. The predicted molar refractivity (Wildman–Crippen MR) is 73.0 cm³/mol. The Morgan fingerprint density at radius 3 is 2.06 bits per heavy atom. The molecule has 0 unspecified atom stereocenters. The van der Waals surface area contributed by atoms with E-state index in [0.29, 0.717) is 25.4 Å². The third kappa shape index (κ3) is 5.49. The number of hydrogen-bond acceptors (Lipinski definition) is 3. The second-order valence-electron chi connectivity index (χ2n) is 5.00. The zero-order valence-corrected chi connectivity index (χ0v) is 12.3. The fourth-order valence-corrected chi connectivity index (χ4v) is 1.85. The maximum Gasteiger partial charge on any atom is 0.242 e. The van der Waals surface area contributed by atoms with E-state index in [-0.39, 0.29) is 18.4 Å². The van der Waals surface area contributed by atoms with Gasteiger partial charge in [0.2, 0.25) is 11.8 Å². The average molecular weight is 257 g/mol. The molecule has 0 aromatic carbocycles. The van der Waals surface area contributed by atoms with E-state index in [0.717, 1.165) is 0 Å². The molecule has 0 aromatic heterocycles. The summed E-state index contributed by atoms with van der Waals surface area (Å²) >= 11 is 0. The molecule has 0 rings (SSSR count). The molecular weight excluding hydrogens is 230 g/mol. The summed E-state index contributed by atoms with van der Waals surface area (Å²) in [5.74, 6) is 0.174. The van der Waals surface area contributed by atoms with Crippen molar-refractivity contribution in [3.8, 4) is 0 Å². The van der Waals surface area contributed by atoms with E-state index in [2.05, 4.69) is 0 Å². The van der Waals surface area contributed by atoms with Crippen LogP contribution in [0, 0.1) is 5.92 Å². The molecule has 2 N–H and O–H groups in total. The van der Waals surface area contributed by atoms with Crippen molar-refractivity contribution in [3.05, 3.63) is 0 Å². The molecule has 0 spiro atoms. The van der Waals surface area contributed by atoms with Crippen LogP contribution in [-0.4, -0.2) is 54.3 Å². The maximum absolute atomic E-state index is 11.9. The number of rotatable bonds is 7. The minimum Gasteiger partial charge on any atom is -0.342 e. The Labute approximate surface area is 110 Å². The van der Waals surface area contributed by atoms with Gasteiger partial charge in [0.05, 0.1) is 12.6 Å². The summed E-state index contributed by atoms with van der Waals surface area (Å²) in [7, 11) is 1.63. The minimum absolute atomic E-state index is 0.0346. The standard InChI is InChI=1S/C13H27N3O2/c1-6-16(7-2)12(17)9-15(5)13(18)11(14)8-10(3)4/h10-11H,6-9,14H2,1-5H3/t11-/m1/s1. The summed E-state index contributed by atoms with van der Waals surface area (Å²) in [6.07, 6.45) is 0.642. The second kappa shape index (κ2) is 8.08. The van der Waals surface area contributed by atoms with E-state index in [1.165, 1.54) is 4.90 Å². The minimum atomic E-state index is -0.514. The number of amides is 2. The van der Waals surface area contributed by atoms with Crippen LogP contribution in [0.25, 0.3) is 0 Å². The molecular formula is C13H27N3O2. The van der Waals surface area contributed by atoms with Gasteiger partial charge in [-0.3, -0.25) is 9.59 Å². The maximum atomic E-state index is 11.9. The summed E-state index contributed by atoms with van der Waals surface area (Å²) in [4.78, 5) is 26.9. The molecule has 5 heteroatoms. The second-order valence-corrected chi connectivity index (χ2v) is 5.00. The number of nitrogens with zero attached hydrogens (tertiary/aromatic N) is 2. The number of carbonyl (C=O) groups is 2. The highest BCUT2D eigenvalue weighted by Crippen LogP contribution is 2.05. The van der Waals surface area contributed by atoms with Gasteiger partial charge in [-0.15, -0.1) is 0 Å². The molecule has 0 aliphatic carbocycles. The summed E-state index contributed by atoms with van der Waals surface area (Å²) in [5, 5.41) is 0. The van der Waals surface area contributed by atoms with Gasteiger partial charge in [-0.2, -0.15) is 0 Å². The van der Waals surface area contributed by atoms with E-state index in [4.69, 9.17) is 5.73 Å². The van der Waals surface area contributed by atoms with Crippen LogP contribution in [0.4, 0.5) is 0 Å². The van der Waals surface area contributed by atoms with Gasteiger partial charge in [-0.25, -0.2) is 0 Å². The summed E-state index contributed by atoms with van der Waals surface area (Å²) < 4.78 is 0. The van der Waals surface area contributed by atoms with Crippen molar-refractivity contribution in [2.75, 3.05) is 26.7 Å². The SMILES string of the molecule is CCN(CC)C(=O)CN(C)C(=O)[C@H](N)CC(C)C. The van der Waals surface area contributed by atoms with Crippen molar-refractivity contribution < 1.29 is 9.59 Å². The lowest BCUT2D eigenvalue weighted by Crippen LogP contribution is -2.47. The predicted octanol–water partition coefficient (Wildman–Crippen LogP) is 0.687. The molecule has 0 saturated heterocycles. The normalized spacial score (nSPS) is 12.4. The number of hydrogen-bond donors (Lipinski definition) is 1. The molecule has 0 aromatic rings. The van der Waals surface area contributed by atoms with Crippen LogP contribution < -0.4 is 5.73 Å². The van der Waals surface area contributed by atoms with Gasteiger partial charge >= 0.3 is 0 Å². The fraction of sp³-hybridized carbons (Fsp3) is 0.846. The summed E-state index contributed by atoms with van der Waals surface area (Å²) in [6.45, 7) is 9.32. The molecule has 1 atom stereocenters. The van der Waals surface area contributed by atoms with Crippen LogP contribution in [-0.2, 0) is 9.59 Å². The smallest absolute Gasteiger partial charge is 0.242 e. The van der Waals surface area contributed by atoms with Crippen molar-refractivity contribution in [1.29, 1.82) is 0 Å². The molecule has 18 heavy (non-hydrogen) atoms. The van der Waals surface area contributed by atoms with Crippen LogP contribution in [0.5, 0.6) is 0 Å². The van der Waals surface area contributed by atoms with Gasteiger partial charge in [0.25, 0.3) is 0 Å². The molecule has 0 heterocycles.